The molecule has 2 amide bonds. The summed E-state index contributed by atoms with van der Waals surface area (Å²) in [5.41, 5.74) is 1.34. The van der Waals surface area contributed by atoms with E-state index in [-0.39, 0.29) is 22.5 Å². The lowest BCUT2D eigenvalue weighted by Crippen LogP contribution is -2.53. The van der Waals surface area contributed by atoms with Crippen molar-refractivity contribution in [1.29, 1.82) is 0 Å². The Bertz CT molecular complexity index is 878. The molecule has 2 heterocycles. The number of halogens is 1. The first-order valence-corrected chi connectivity index (χ1v) is 10.2. The van der Waals surface area contributed by atoms with Crippen molar-refractivity contribution < 1.29 is 18.7 Å². The molecule has 0 radical (unpaired) electrons. The van der Waals surface area contributed by atoms with Gasteiger partial charge in [-0.25, -0.2) is 4.39 Å². The molecule has 7 heteroatoms. The van der Waals surface area contributed by atoms with Crippen molar-refractivity contribution in [2.75, 3.05) is 30.9 Å². The minimum atomic E-state index is -0.369. The van der Waals surface area contributed by atoms with E-state index >= 15 is 0 Å². The summed E-state index contributed by atoms with van der Waals surface area (Å²) in [6.45, 7) is 1.14. The third kappa shape index (κ3) is 3.35. The third-order valence-corrected chi connectivity index (χ3v) is 6.89. The molecule has 0 aromatic heterocycles. The van der Waals surface area contributed by atoms with Gasteiger partial charge in [0, 0.05) is 24.3 Å². The van der Waals surface area contributed by atoms with Gasteiger partial charge in [0.1, 0.15) is 11.6 Å². The number of piperidine rings is 1. The first-order valence-electron chi connectivity index (χ1n) is 9.18. The van der Waals surface area contributed by atoms with E-state index in [2.05, 4.69) is 0 Å². The summed E-state index contributed by atoms with van der Waals surface area (Å²) in [4.78, 5) is 28.6. The van der Waals surface area contributed by atoms with Gasteiger partial charge >= 0.3 is 0 Å². The fourth-order valence-corrected chi connectivity index (χ4v) is 5.19. The third-order valence-electron chi connectivity index (χ3n) is 5.37. The smallest absolute Gasteiger partial charge is 0.253 e. The molecule has 4 rings (SSSR count). The summed E-state index contributed by atoms with van der Waals surface area (Å²) in [5.74, 6) is 0.817. The van der Waals surface area contributed by atoms with Crippen LogP contribution in [0.15, 0.2) is 48.5 Å². The lowest BCUT2D eigenvalue weighted by molar-refractivity contribution is -0.116. The number of nitrogens with zero attached hydrogens (tertiary/aromatic N) is 2. The Morgan fingerprint density at radius 1 is 1.07 bits per heavy atom. The van der Waals surface area contributed by atoms with Gasteiger partial charge in [-0.3, -0.25) is 14.5 Å². The summed E-state index contributed by atoms with van der Waals surface area (Å²) < 4.78 is 18.4. The van der Waals surface area contributed by atoms with Crippen molar-refractivity contribution in [3.05, 3.63) is 59.9 Å². The summed E-state index contributed by atoms with van der Waals surface area (Å²) in [7, 11) is 1.59. The van der Waals surface area contributed by atoms with Crippen LogP contribution in [-0.2, 0) is 4.79 Å². The van der Waals surface area contributed by atoms with Gasteiger partial charge in [-0.1, -0.05) is 0 Å². The Balaban J connectivity index is 1.49. The second-order valence-corrected chi connectivity index (χ2v) is 8.30. The average molecular weight is 400 g/mol. The van der Waals surface area contributed by atoms with Crippen molar-refractivity contribution in [1.82, 2.24) is 4.90 Å². The molecule has 0 saturated carbocycles. The van der Waals surface area contributed by atoms with Gasteiger partial charge in [0.25, 0.3) is 5.91 Å². The van der Waals surface area contributed by atoms with E-state index in [4.69, 9.17) is 4.74 Å². The molecule has 2 aromatic rings. The number of methoxy groups -OCH3 is 1. The van der Waals surface area contributed by atoms with E-state index in [1.807, 2.05) is 4.90 Å². The van der Waals surface area contributed by atoms with E-state index in [0.717, 1.165) is 0 Å². The van der Waals surface area contributed by atoms with Gasteiger partial charge in [0.15, 0.2) is 0 Å². The van der Waals surface area contributed by atoms with Gasteiger partial charge in [0.2, 0.25) is 5.91 Å². The van der Waals surface area contributed by atoms with Crippen LogP contribution in [-0.4, -0.2) is 47.5 Å². The normalized spacial score (nSPS) is 18.6. The predicted octanol–water partition coefficient (Wildman–Crippen LogP) is 3.55. The number of carbonyl (C=O) groups is 2. The molecule has 2 saturated heterocycles. The highest BCUT2D eigenvalue weighted by Crippen LogP contribution is 2.46. The van der Waals surface area contributed by atoms with Crippen molar-refractivity contribution in [3.63, 3.8) is 0 Å². The van der Waals surface area contributed by atoms with Gasteiger partial charge in [-0.15, -0.1) is 11.8 Å². The SMILES string of the molecule is COc1ccc(C(=O)N2CCC3(CC2)SCC(=O)N3c2ccc(F)cc2)cc1. The summed E-state index contributed by atoms with van der Waals surface area (Å²) in [6, 6.07) is 13.1. The van der Waals surface area contributed by atoms with E-state index in [9.17, 15) is 14.0 Å². The van der Waals surface area contributed by atoms with Crippen LogP contribution in [0.1, 0.15) is 23.2 Å². The molecule has 2 aliphatic rings. The Kier molecular flexibility index (Phi) is 5.02. The van der Waals surface area contributed by atoms with Crippen molar-refractivity contribution in [3.8, 4) is 5.75 Å². The lowest BCUT2D eigenvalue weighted by Gasteiger charge is -2.44. The first-order chi connectivity index (χ1) is 13.5. The van der Waals surface area contributed by atoms with Crippen molar-refractivity contribution >= 4 is 29.3 Å². The van der Waals surface area contributed by atoms with E-state index in [1.54, 1.807) is 60.2 Å². The van der Waals surface area contributed by atoms with Crippen molar-refractivity contribution in [2.45, 2.75) is 17.7 Å². The fourth-order valence-electron chi connectivity index (χ4n) is 3.87. The minimum absolute atomic E-state index is 0.0137. The molecular weight excluding hydrogens is 379 g/mol. The fraction of sp³-hybridized carbons (Fsp3) is 0.333. The zero-order valence-electron chi connectivity index (χ0n) is 15.6. The monoisotopic (exact) mass is 400 g/mol. The van der Waals surface area contributed by atoms with Crippen LogP contribution in [0, 0.1) is 5.82 Å². The summed E-state index contributed by atoms with van der Waals surface area (Å²) in [6.07, 6.45) is 1.37. The number of rotatable bonds is 3. The molecule has 2 aromatic carbocycles. The first kappa shape index (κ1) is 18.8. The molecule has 0 bridgehead atoms. The standard InChI is InChI=1S/C21H21FN2O3S/c1-27-18-8-2-15(3-9-18)20(26)23-12-10-21(11-13-23)24(19(25)14-28-21)17-6-4-16(22)5-7-17/h2-9H,10-14H2,1H3. The zero-order chi connectivity index (χ0) is 19.7. The molecule has 28 heavy (non-hydrogen) atoms. The van der Waals surface area contributed by atoms with Crippen LogP contribution in [0.5, 0.6) is 5.75 Å². The highest BCUT2D eigenvalue weighted by molar-refractivity contribution is 8.02. The van der Waals surface area contributed by atoms with Gasteiger partial charge < -0.3 is 9.64 Å². The number of amides is 2. The lowest BCUT2D eigenvalue weighted by atomic mass is 10.00. The van der Waals surface area contributed by atoms with E-state index in [1.165, 1.54) is 12.1 Å². The molecule has 146 valence electrons. The highest BCUT2D eigenvalue weighted by Gasteiger charge is 2.49. The quantitative estimate of drug-likeness (QED) is 0.791. The van der Waals surface area contributed by atoms with Gasteiger partial charge in [0.05, 0.1) is 17.7 Å². The van der Waals surface area contributed by atoms with Crippen LogP contribution in [0.2, 0.25) is 0 Å². The molecule has 0 unspecified atom stereocenters. The van der Waals surface area contributed by atoms with Crippen LogP contribution in [0.4, 0.5) is 10.1 Å². The van der Waals surface area contributed by atoms with E-state index < -0.39 is 0 Å². The van der Waals surface area contributed by atoms with Crippen LogP contribution in [0.3, 0.4) is 0 Å². The number of likely N-dealkylation sites (tertiary alicyclic amines) is 1. The molecule has 5 nitrogen and oxygen atoms in total. The highest BCUT2D eigenvalue weighted by atomic mass is 32.2. The Labute approximate surface area is 167 Å². The second kappa shape index (κ2) is 7.47. The van der Waals surface area contributed by atoms with Gasteiger partial charge in [-0.05, 0) is 61.4 Å². The van der Waals surface area contributed by atoms with Crippen LogP contribution in [0.25, 0.3) is 0 Å². The molecule has 1 spiro atoms. The maximum Gasteiger partial charge on any atom is 0.253 e. The maximum absolute atomic E-state index is 13.3. The molecular formula is C21H21FN2O3S. The molecule has 2 aliphatic heterocycles. The number of carbonyl (C=O) groups excluding carboxylic acids is 2. The topological polar surface area (TPSA) is 49.9 Å². The number of hydrogen-bond donors (Lipinski definition) is 0. The number of benzene rings is 2. The molecule has 0 aliphatic carbocycles. The second-order valence-electron chi connectivity index (χ2n) is 6.96. The molecule has 2 fully saturated rings. The number of hydrogen-bond acceptors (Lipinski definition) is 4. The maximum atomic E-state index is 13.3. The van der Waals surface area contributed by atoms with Crippen LogP contribution >= 0.6 is 11.8 Å². The number of anilines is 1. The summed E-state index contributed by atoms with van der Waals surface area (Å²) in [5, 5.41) is 0. The zero-order valence-corrected chi connectivity index (χ0v) is 16.4. The molecule has 0 atom stereocenters. The largest absolute Gasteiger partial charge is 0.497 e. The Hall–Kier alpha value is -2.54. The van der Waals surface area contributed by atoms with Crippen LogP contribution < -0.4 is 9.64 Å². The van der Waals surface area contributed by atoms with Crippen molar-refractivity contribution in [2.24, 2.45) is 0 Å². The average Bonchev–Trinajstić information content (AvgIpc) is 3.04. The van der Waals surface area contributed by atoms with E-state index in [0.29, 0.717) is 48.7 Å². The number of ether oxygens (including phenoxy) is 1. The molecule has 0 N–H and O–H groups in total. The Morgan fingerprint density at radius 2 is 1.71 bits per heavy atom. The summed E-state index contributed by atoms with van der Waals surface area (Å²) >= 11 is 1.62. The van der Waals surface area contributed by atoms with Gasteiger partial charge in [-0.2, -0.15) is 0 Å². The predicted molar refractivity (Wildman–Crippen MR) is 107 cm³/mol. The Morgan fingerprint density at radius 3 is 2.32 bits per heavy atom. The number of thioether (sulfide) groups is 1. The minimum Gasteiger partial charge on any atom is -0.497 e.